The van der Waals surface area contributed by atoms with Crippen molar-refractivity contribution < 1.29 is 29.0 Å². The second kappa shape index (κ2) is 4.58. The molecule has 3 heterocycles. The Kier molecular flexibility index (Phi) is 2.89. The second-order valence-corrected chi connectivity index (χ2v) is 6.37. The molecule has 9 heteroatoms. The number of hydrogen-bond donors (Lipinski definition) is 2. The van der Waals surface area contributed by atoms with Gasteiger partial charge in [-0.2, -0.15) is 0 Å². The number of nitrogens with one attached hydrogen (secondary N) is 1. The van der Waals surface area contributed by atoms with Gasteiger partial charge in [0.25, 0.3) is 0 Å². The first-order valence-corrected chi connectivity index (χ1v) is 7.57. The normalized spacial score (nSPS) is 36.8. The third-order valence-electron chi connectivity index (χ3n) is 5.37. The lowest BCUT2D eigenvalue weighted by molar-refractivity contribution is -0.303. The van der Waals surface area contributed by atoms with Gasteiger partial charge in [0.1, 0.15) is 6.61 Å². The van der Waals surface area contributed by atoms with Crippen molar-refractivity contribution in [1.29, 1.82) is 0 Å². The van der Waals surface area contributed by atoms with Crippen LogP contribution in [0.1, 0.15) is 6.92 Å². The molecule has 128 valence electrons. The number of nitrogens with two attached hydrogens (primary N) is 1. The molecule has 3 N–H and O–H groups in total. The zero-order valence-electron chi connectivity index (χ0n) is 13.1. The Morgan fingerprint density at radius 3 is 2.79 bits per heavy atom. The third-order valence-corrected chi connectivity index (χ3v) is 5.37. The van der Waals surface area contributed by atoms with E-state index in [9.17, 15) is 19.5 Å². The topological polar surface area (TPSA) is 144 Å². The Bertz CT molecular complexity index is 756. The van der Waals surface area contributed by atoms with Gasteiger partial charge in [-0.05, 0) is 12.5 Å². The fourth-order valence-electron chi connectivity index (χ4n) is 4.27. The predicted octanol–water partition coefficient (Wildman–Crippen LogP) is -2.25. The van der Waals surface area contributed by atoms with Crippen molar-refractivity contribution in [2.24, 2.45) is 11.7 Å². The van der Waals surface area contributed by atoms with Gasteiger partial charge in [0.15, 0.2) is 5.72 Å². The maximum Gasteiger partial charge on any atom is 0.404 e. The SMILES string of the molecule is CO[C@@]12[C@H](COC(N)=O)C3=C(C([O-])=C(C)C(=O)C3=O)N1C[C@@H]1N[C@@H]12. The van der Waals surface area contributed by atoms with Crippen molar-refractivity contribution in [2.75, 3.05) is 20.3 Å². The maximum absolute atomic E-state index is 12.7. The molecule has 4 atom stereocenters. The zero-order chi connectivity index (χ0) is 17.4. The summed E-state index contributed by atoms with van der Waals surface area (Å²) in [6, 6.07) is 0.00139. The first-order chi connectivity index (χ1) is 11.3. The molecule has 24 heavy (non-hydrogen) atoms. The van der Waals surface area contributed by atoms with Crippen LogP contribution >= 0.6 is 0 Å². The summed E-state index contributed by atoms with van der Waals surface area (Å²) in [5.74, 6) is -2.80. The average molecular weight is 334 g/mol. The van der Waals surface area contributed by atoms with Gasteiger partial charge in [-0.1, -0.05) is 5.76 Å². The minimum atomic E-state index is -1.04. The molecule has 0 spiro atoms. The van der Waals surface area contributed by atoms with Crippen LogP contribution in [-0.2, 0) is 19.1 Å². The molecule has 0 bridgehead atoms. The summed E-state index contributed by atoms with van der Waals surface area (Å²) in [6.07, 6.45) is -0.996. The minimum absolute atomic E-state index is 0.0610. The highest BCUT2D eigenvalue weighted by Crippen LogP contribution is 2.55. The molecular weight excluding hydrogens is 318 g/mol. The molecule has 9 nitrogen and oxygen atoms in total. The molecule has 0 saturated carbocycles. The van der Waals surface area contributed by atoms with Gasteiger partial charge < -0.3 is 30.5 Å². The van der Waals surface area contributed by atoms with Crippen LogP contribution in [0, 0.1) is 5.92 Å². The van der Waals surface area contributed by atoms with Crippen LogP contribution in [0.2, 0.25) is 0 Å². The highest BCUT2D eigenvalue weighted by Gasteiger charge is 2.71. The molecule has 3 aliphatic heterocycles. The molecule has 1 amide bonds. The van der Waals surface area contributed by atoms with E-state index in [0.717, 1.165) is 0 Å². The smallest absolute Gasteiger partial charge is 0.404 e. The van der Waals surface area contributed by atoms with E-state index in [2.05, 4.69) is 5.32 Å². The van der Waals surface area contributed by atoms with Gasteiger partial charge in [-0.15, -0.1) is 0 Å². The number of rotatable bonds is 3. The number of amides is 1. The highest BCUT2D eigenvalue weighted by atomic mass is 16.6. The van der Waals surface area contributed by atoms with Gasteiger partial charge in [-0.3, -0.25) is 9.59 Å². The van der Waals surface area contributed by atoms with E-state index in [4.69, 9.17) is 15.2 Å². The van der Waals surface area contributed by atoms with E-state index in [1.807, 2.05) is 0 Å². The standard InChI is InChI=1S/C15H17N3O6/c1-5-10(19)9-8(12(21)11(5)20)6(4-24-14(16)22)15(23-2)13-7(17-13)3-18(9)15/h6-7,13,17,19H,3-4H2,1-2H3,(H2,16,22)/p-1/t6-,7+,13+,15-/m1/s1. The lowest BCUT2D eigenvalue weighted by Crippen LogP contribution is -2.55. The number of ketones is 2. The fraction of sp³-hybridized carbons (Fsp3) is 0.533. The monoisotopic (exact) mass is 334 g/mol. The molecule has 1 aliphatic carbocycles. The Hall–Kier alpha value is -2.39. The van der Waals surface area contributed by atoms with Gasteiger partial charge in [0.05, 0.1) is 12.0 Å². The van der Waals surface area contributed by atoms with Crippen LogP contribution in [0.4, 0.5) is 4.79 Å². The maximum atomic E-state index is 12.7. The number of allylic oxidation sites excluding steroid dienone is 1. The van der Waals surface area contributed by atoms with Crippen LogP contribution in [0.5, 0.6) is 0 Å². The zero-order valence-corrected chi connectivity index (χ0v) is 13.1. The summed E-state index contributed by atoms with van der Waals surface area (Å²) in [6.45, 7) is 1.59. The van der Waals surface area contributed by atoms with Crippen molar-refractivity contribution in [2.45, 2.75) is 24.7 Å². The fourth-order valence-corrected chi connectivity index (χ4v) is 4.27. The summed E-state index contributed by atoms with van der Waals surface area (Å²) in [5, 5.41) is 15.9. The molecule has 0 unspecified atom stereocenters. The van der Waals surface area contributed by atoms with E-state index in [1.54, 1.807) is 4.90 Å². The van der Waals surface area contributed by atoms with Gasteiger partial charge in [0, 0.05) is 31.0 Å². The summed E-state index contributed by atoms with van der Waals surface area (Å²) in [7, 11) is 1.47. The number of primary amides is 1. The van der Waals surface area contributed by atoms with Crippen molar-refractivity contribution in [3.8, 4) is 0 Å². The Morgan fingerprint density at radius 1 is 1.46 bits per heavy atom. The first-order valence-electron chi connectivity index (χ1n) is 7.57. The van der Waals surface area contributed by atoms with Crippen molar-refractivity contribution in [3.05, 3.63) is 22.6 Å². The van der Waals surface area contributed by atoms with Crippen LogP contribution in [0.25, 0.3) is 0 Å². The van der Waals surface area contributed by atoms with E-state index >= 15 is 0 Å². The van der Waals surface area contributed by atoms with E-state index < -0.39 is 35.1 Å². The molecule has 0 aromatic heterocycles. The number of hydrogen-bond acceptors (Lipinski definition) is 8. The van der Waals surface area contributed by atoms with E-state index in [0.29, 0.717) is 6.54 Å². The summed E-state index contributed by atoms with van der Waals surface area (Å²) >= 11 is 0. The summed E-state index contributed by atoms with van der Waals surface area (Å²) in [4.78, 5) is 37.5. The highest BCUT2D eigenvalue weighted by molar-refractivity contribution is 6.50. The second-order valence-electron chi connectivity index (χ2n) is 6.37. The number of methoxy groups -OCH3 is 1. The lowest BCUT2D eigenvalue weighted by Gasteiger charge is -2.41. The summed E-state index contributed by atoms with van der Waals surface area (Å²) < 4.78 is 10.7. The average Bonchev–Trinajstić information content (AvgIpc) is 3.16. The number of nitrogens with zero attached hydrogens (tertiary/aromatic N) is 1. The van der Waals surface area contributed by atoms with Crippen molar-refractivity contribution in [1.82, 2.24) is 10.2 Å². The molecular formula is C15H16N3O6-. The molecule has 4 rings (SSSR count). The van der Waals surface area contributed by atoms with Gasteiger partial charge >= 0.3 is 6.09 Å². The van der Waals surface area contributed by atoms with Crippen LogP contribution < -0.4 is 16.2 Å². The summed E-state index contributed by atoms with van der Waals surface area (Å²) in [5.41, 5.74) is 4.15. The van der Waals surface area contributed by atoms with Crippen LogP contribution in [0.15, 0.2) is 22.6 Å². The molecule has 0 aromatic rings. The predicted molar refractivity (Wildman–Crippen MR) is 75.9 cm³/mol. The van der Waals surface area contributed by atoms with Gasteiger partial charge in [0.2, 0.25) is 11.6 Å². The Labute approximate surface area is 137 Å². The molecule has 2 fully saturated rings. The first kappa shape index (κ1) is 15.2. The van der Waals surface area contributed by atoms with Gasteiger partial charge in [-0.25, -0.2) is 4.79 Å². The molecule has 2 saturated heterocycles. The Morgan fingerprint density at radius 2 is 2.17 bits per heavy atom. The number of ether oxygens (including phenoxy) is 2. The largest absolute Gasteiger partial charge is 0.871 e. The number of Topliss-reactive ketones (excluding diaryl/α,β-unsaturated/α-hetero) is 2. The lowest BCUT2D eigenvalue weighted by atomic mass is 9.82. The number of carbonyl (C=O) groups excluding carboxylic acids is 3. The van der Waals surface area contributed by atoms with E-state index in [1.165, 1.54) is 14.0 Å². The van der Waals surface area contributed by atoms with Crippen molar-refractivity contribution in [3.63, 3.8) is 0 Å². The van der Waals surface area contributed by atoms with Crippen LogP contribution in [0.3, 0.4) is 0 Å². The van der Waals surface area contributed by atoms with E-state index in [-0.39, 0.29) is 35.5 Å². The quantitative estimate of drug-likeness (QED) is 0.335. The number of carbonyl (C=O) groups is 3. The molecule has 0 aromatic carbocycles. The molecule has 4 aliphatic rings. The van der Waals surface area contributed by atoms with Crippen molar-refractivity contribution >= 4 is 17.7 Å². The molecule has 0 radical (unpaired) electrons. The van der Waals surface area contributed by atoms with Crippen LogP contribution in [-0.4, -0.2) is 60.6 Å². The Balaban J connectivity index is 1.87. The number of piperazine rings is 1. The minimum Gasteiger partial charge on any atom is -0.871 e. The number of fused-ring (bicyclic) bond motifs is 4. The third kappa shape index (κ3) is 1.58.